The van der Waals surface area contributed by atoms with Gasteiger partial charge >= 0.3 is 10.3 Å². The monoisotopic (exact) mass is 420 g/mol. The topological polar surface area (TPSA) is 98.5 Å². The van der Waals surface area contributed by atoms with Gasteiger partial charge < -0.3 is 9.50 Å². The fourth-order valence-electron chi connectivity index (χ4n) is 6.55. The van der Waals surface area contributed by atoms with Crippen LogP contribution in [-0.2, 0) is 21.5 Å². The molecule has 0 unspecified atom stereocenters. The second kappa shape index (κ2) is 7.58. The fourth-order valence-corrected chi connectivity index (χ4v) is 6.92. The number of benzene rings is 1. The highest BCUT2D eigenvalue weighted by Gasteiger charge is 2.56. The predicted molar refractivity (Wildman–Crippen MR) is 112 cm³/mol. The fraction of sp³-hybridized carbons (Fsp3) is 0.682. The molecule has 0 saturated heterocycles. The molecule has 4 rings (SSSR count). The van der Waals surface area contributed by atoms with Gasteiger partial charge in [0.25, 0.3) is 0 Å². The zero-order valence-electron chi connectivity index (χ0n) is 17.3. The van der Waals surface area contributed by atoms with Gasteiger partial charge in [-0.1, -0.05) is 19.9 Å². The van der Waals surface area contributed by atoms with Crippen LogP contribution >= 0.6 is 0 Å². The van der Waals surface area contributed by atoms with E-state index in [1.807, 2.05) is 12.1 Å². The van der Waals surface area contributed by atoms with E-state index in [9.17, 15) is 13.2 Å². The molecule has 3 N–H and O–H groups in total. The first-order chi connectivity index (χ1) is 13.7. The molecular weight excluding hydrogens is 388 g/mol. The van der Waals surface area contributed by atoms with Crippen LogP contribution in [0.2, 0.25) is 0 Å². The lowest BCUT2D eigenvalue weighted by atomic mass is 9.54. The highest BCUT2D eigenvalue weighted by molar-refractivity contribution is 7.84. The zero-order valence-corrected chi connectivity index (χ0v) is 18.1. The number of carbonyl (C=O) groups excluding carboxylic acids is 1. The second-order valence-corrected chi connectivity index (χ2v) is 10.5. The summed E-state index contributed by atoms with van der Waals surface area (Å²) in [5.74, 6) is 2.32. The largest absolute Gasteiger partial charge is 0.380 e. The molecular formula is C22H32N2O4S. The van der Waals surface area contributed by atoms with E-state index in [-0.39, 0.29) is 17.2 Å². The van der Waals surface area contributed by atoms with Gasteiger partial charge in [0.05, 0.1) is 0 Å². The first kappa shape index (κ1) is 20.7. The lowest BCUT2D eigenvalue weighted by Crippen LogP contribution is -2.46. The molecule has 0 spiro atoms. The molecule has 1 aromatic carbocycles. The number of nitrogens with one attached hydrogen (secondary N) is 1. The maximum atomic E-state index is 12.8. The first-order valence-corrected chi connectivity index (χ1v) is 12.3. The van der Waals surface area contributed by atoms with Crippen LogP contribution in [0.25, 0.3) is 0 Å². The molecule has 0 bridgehead atoms. The lowest BCUT2D eigenvalue weighted by Gasteiger charge is -2.50. The summed E-state index contributed by atoms with van der Waals surface area (Å²) in [7, 11) is -4.01. The smallest absolute Gasteiger partial charge is 0.371 e. The summed E-state index contributed by atoms with van der Waals surface area (Å²) in [6, 6.07) is 5.57. The van der Waals surface area contributed by atoms with E-state index in [0.29, 0.717) is 23.5 Å². The van der Waals surface area contributed by atoms with Crippen molar-refractivity contribution in [3.05, 3.63) is 29.3 Å². The van der Waals surface area contributed by atoms with Gasteiger partial charge in [0.1, 0.15) is 5.75 Å². The first-order valence-electron chi connectivity index (χ1n) is 10.9. The Morgan fingerprint density at radius 2 is 2.07 bits per heavy atom. The minimum absolute atomic E-state index is 0.0905. The van der Waals surface area contributed by atoms with Crippen LogP contribution in [-0.4, -0.2) is 20.9 Å². The standard InChI is InChI=1S/C22H32N2O4S/c1-3-12-24-21(25)20-9-8-19-18-6-4-14-13-15(28-29(23,26)27)5-7-16(14)17(18)10-11-22(19,20)2/h5,7,13,17-20H,3-4,6,8-12H2,1-2H3,(H,24,25)(H2,23,26,27)/t17-,18-,19+,20-,22+/m1/s1. The van der Waals surface area contributed by atoms with Gasteiger partial charge in [0.15, 0.2) is 0 Å². The Hall–Kier alpha value is -1.60. The lowest BCUT2D eigenvalue weighted by molar-refractivity contribution is -0.130. The van der Waals surface area contributed by atoms with Crippen LogP contribution in [0.1, 0.15) is 69.4 Å². The molecule has 6 nitrogen and oxygen atoms in total. The van der Waals surface area contributed by atoms with Crippen LogP contribution in [0.5, 0.6) is 5.75 Å². The van der Waals surface area contributed by atoms with E-state index in [4.69, 9.17) is 9.32 Å². The Balaban J connectivity index is 1.55. The number of nitrogens with two attached hydrogens (primary N) is 1. The van der Waals surface area contributed by atoms with Gasteiger partial charge in [-0.15, -0.1) is 0 Å². The third-order valence-corrected chi connectivity index (χ3v) is 8.20. The molecule has 3 aliphatic rings. The summed E-state index contributed by atoms with van der Waals surface area (Å²) >= 11 is 0. The molecule has 0 heterocycles. The molecule has 5 atom stereocenters. The summed E-state index contributed by atoms with van der Waals surface area (Å²) < 4.78 is 27.3. The number of carbonyl (C=O) groups is 1. The van der Waals surface area contributed by atoms with Crippen LogP contribution in [0.4, 0.5) is 0 Å². The van der Waals surface area contributed by atoms with Crippen molar-refractivity contribution in [1.29, 1.82) is 0 Å². The molecule has 0 aromatic heterocycles. The average molecular weight is 421 g/mol. The normalized spacial score (nSPS) is 33.3. The van der Waals surface area contributed by atoms with Crippen molar-refractivity contribution in [2.75, 3.05) is 6.54 Å². The Morgan fingerprint density at radius 1 is 1.28 bits per heavy atom. The maximum absolute atomic E-state index is 12.8. The predicted octanol–water partition coefficient (Wildman–Crippen LogP) is 3.27. The number of amides is 1. The Morgan fingerprint density at radius 3 is 2.79 bits per heavy atom. The van der Waals surface area contributed by atoms with Crippen molar-refractivity contribution >= 4 is 16.2 Å². The molecule has 0 aliphatic heterocycles. The minimum atomic E-state index is -4.01. The number of hydrogen-bond acceptors (Lipinski definition) is 4. The van der Waals surface area contributed by atoms with Crippen molar-refractivity contribution in [3.8, 4) is 5.75 Å². The number of fused-ring (bicyclic) bond motifs is 5. The Labute approximate surface area is 173 Å². The highest BCUT2D eigenvalue weighted by atomic mass is 32.2. The van der Waals surface area contributed by atoms with Crippen molar-refractivity contribution < 1.29 is 17.4 Å². The van der Waals surface area contributed by atoms with E-state index in [2.05, 4.69) is 19.2 Å². The number of hydrogen-bond donors (Lipinski definition) is 2. The van der Waals surface area contributed by atoms with Gasteiger partial charge in [-0.2, -0.15) is 13.6 Å². The molecule has 1 aromatic rings. The van der Waals surface area contributed by atoms with E-state index in [0.717, 1.165) is 51.5 Å². The molecule has 0 radical (unpaired) electrons. The van der Waals surface area contributed by atoms with Crippen LogP contribution in [0.3, 0.4) is 0 Å². The van der Waals surface area contributed by atoms with Crippen molar-refractivity contribution in [2.24, 2.45) is 28.3 Å². The molecule has 2 fully saturated rings. The molecule has 2 saturated carbocycles. The minimum Gasteiger partial charge on any atom is -0.371 e. The third-order valence-electron chi connectivity index (χ3n) is 7.78. The van der Waals surface area contributed by atoms with Crippen molar-refractivity contribution in [2.45, 2.75) is 64.7 Å². The number of aryl methyl sites for hydroxylation is 1. The quantitative estimate of drug-likeness (QED) is 0.764. The van der Waals surface area contributed by atoms with Gasteiger partial charge in [-0.25, -0.2) is 0 Å². The SMILES string of the molecule is CCCNC(=O)[C@H]1CC[C@H]2[C@@H]3CCc4cc(OS(N)(=O)=O)ccc4[C@H]3CC[C@]12C. The zero-order chi connectivity index (χ0) is 20.8. The molecule has 3 aliphatic carbocycles. The van der Waals surface area contributed by atoms with E-state index in [1.165, 1.54) is 11.1 Å². The van der Waals surface area contributed by atoms with Crippen LogP contribution in [0.15, 0.2) is 18.2 Å². The van der Waals surface area contributed by atoms with Gasteiger partial charge in [-0.05, 0) is 91.4 Å². The van der Waals surface area contributed by atoms with E-state index in [1.54, 1.807) is 6.07 Å². The third kappa shape index (κ3) is 3.79. The van der Waals surface area contributed by atoms with Crippen molar-refractivity contribution in [3.63, 3.8) is 0 Å². The van der Waals surface area contributed by atoms with Crippen molar-refractivity contribution in [1.82, 2.24) is 5.32 Å². The van der Waals surface area contributed by atoms with Gasteiger partial charge in [-0.3, -0.25) is 4.79 Å². The number of rotatable bonds is 5. The summed E-state index contributed by atoms with van der Waals surface area (Å²) in [4.78, 5) is 12.8. The average Bonchev–Trinajstić information content (AvgIpc) is 3.01. The summed E-state index contributed by atoms with van der Waals surface area (Å²) in [6.45, 7) is 5.19. The van der Waals surface area contributed by atoms with Crippen LogP contribution < -0.4 is 14.6 Å². The van der Waals surface area contributed by atoms with Gasteiger partial charge in [0.2, 0.25) is 5.91 Å². The molecule has 7 heteroatoms. The Kier molecular flexibility index (Phi) is 5.40. The summed E-state index contributed by atoms with van der Waals surface area (Å²) in [5.41, 5.74) is 2.59. The molecule has 1 amide bonds. The Bertz CT molecular complexity index is 900. The van der Waals surface area contributed by atoms with Gasteiger partial charge in [0, 0.05) is 12.5 Å². The summed E-state index contributed by atoms with van der Waals surface area (Å²) in [6.07, 6.45) is 7.24. The van der Waals surface area contributed by atoms with E-state index < -0.39 is 10.3 Å². The van der Waals surface area contributed by atoms with E-state index >= 15 is 0 Å². The summed E-state index contributed by atoms with van der Waals surface area (Å²) in [5, 5.41) is 8.14. The maximum Gasteiger partial charge on any atom is 0.380 e. The molecule has 29 heavy (non-hydrogen) atoms. The highest BCUT2D eigenvalue weighted by Crippen LogP contribution is 2.63. The van der Waals surface area contributed by atoms with Crippen LogP contribution in [0, 0.1) is 23.2 Å². The molecule has 160 valence electrons. The second-order valence-electron chi connectivity index (χ2n) is 9.32.